The number of hydrogen-bond donors (Lipinski definition) is 3. The lowest BCUT2D eigenvalue weighted by Crippen LogP contribution is -2.24. The van der Waals surface area contributed by atoms with E-state index in [1.165, 1.54) is 24.3 Å². The average molecular weight is 504 g/mol. The molecule has 37 heavy (non-hydrogen) atoms. The van der Waals surface area contributed by atoms with Crippen LogP contribution in [0, 0.1) is 11.6 Å². The Morgan fingerprint density at radius 1 is 1.08 bits per heavy atom. The third-order valence-corrected chi connectivity index (χ3v) is 5.76. The SMILES string of the molecule is CC(C)(C)c1noc(C(=O)NCc2ccc(-c3ccnc4nc(-c5cc(F)ccc5N)[nH]c34)cc2F)n1. The molecule has 0 atom stereocenters. The normalized spacial score (nSPS) is 11.7. The number of anilines is 1. The van der Waals surface area contributed by atoms with Crippen LogP contribution in [0.3, 0.4) is 0 Å². The Morgan fingerprint density at radius 2 is 1.89 bits per heavy atom. The number of carbonyl (C=O) groups excluding carboxylic acids is 1. The molecule has 11 heteroatoms. The van der Waals surface area contributed by atoms with Crippen molar-refractivity contribution in [3.63, 3.8) is 0 Å². The highest BCUT2D eigenvalue weighted by Crippen LogP contribution is 2.31. The topological polar surface area (TPSA) is 136 Å². The lowest BCUT2D eigenvalue weighted by atomic mass is 9.96. The number of aromatic nitrogens is 5. The molecule has 3 aromatic heterocycles. The smallest absolute Gasteiger partial charge is 0.315 e. The molecule has 0 saturated carbocycles. The summed E-state index contributed by atoms with van der Waals surface area (Å²) >= 11 is 0. The molecule has 2 aromatic carbocycles. The van der Waals surface area contributed by atoms with Crippen molar-refractivity contribution in [2.45, 2.75) is 32.7 Å². The van der Waals surface area contributed by atoms with Crippen molar-refractivity contribution in [2.24, 2.45) is 0 Å². The second-order valence-electron chi connectivity index (χ2n) is 9.54. The van der Waals surface area contributed by atoms with E-state index < -0.39 is 17.5 Å². The number of imidazole rings is 1. The van der Waals surface area contributed by atoms with E-state index in [0.29, 0.717) is 45.2 Å². The number of H-pyrrole nitrogens is 1. The first-order chi connectivity index (χ1) is 17.6. The van der Waals surface area contributed by atoms with Crippen LogP contribution >= 0.6 is 0 Å². The number of rotatable bonds is 5. The van der Waals surface area contributed by atoms with Gasteiger partial charge in [0.15, 0.2) is 11.5 Å². The molecule has 5 rings (SSSR count). The quantitative estimate of drug-likeness (QED) is 0.294. The van der Waals surface area contributed by atoms with Gasteiger partial charge in [-0.25, -0.2) is 18.7 Å². The third-order valence-electron chi connectivity index (χ3n) is 5.76. The van der Waals surface area contributed by atoms with Gasteiger partial charge in [-0.3, -0.25) is 4.79 Å². The zero-order chi connectivity index (χ0) is 26.3. The highest BCUT2D eigenvalue weighted by molar-refractivity contribution is 5.92. The molecule has 0 radical (unpaired) electrons. The molecule has 1 amide bonds. The molecule has 0 aliphatic carbocycles. The number of benzene rings is 2. The van der Waals surface area contributed by atoms with E-state index in [1.807, 2.05) is 20.8 Å². The Hall–Kier alpha value is -4.67. The molecule has 188 valence electrons. The first-order valence-corrected chi connectivity index (χ1v) is 11.4. The highest BCUT2D eigenvalue weighted by atomic mass is 19.1. The van der Waals surface area contributed by atoms with Gasteiger partial charge >= 0.3 is 11.8 Å². The fourth-order valence-electron chi connectivity index (χ4n) is 3.74. The second-order valence-corrected chi connectivity index (χ2v) is 9.54. The fraction of sp³-hybridized carbons (Fsp3) is 0.192. The van der Waals surface area contributed by atoms with Crippen LogP contribution < -0.4 is 11.1 Å². The van der Waals surface area contributed by atoms with Crippen LogP contribution in [0.25, 0.3) is 33.7 Å². The van der Waals surface area contributed by atoms with Crippen molar-refractivity contribution >= 4 is 22.8 Å². The molecular formula is C26H23F2N7O2. The molecule has 0 saturated heterocycles. The largest absolute Gasteiger partial charge is 0.398 e. The van der Waals surface area contributed by atoms with Gasteiger partial charge in [0.1, 0.15) is 17.5 Å². The van der Waals surface area contributed by atoms with E-state index in [4.69, 9.17) is 10.3 Å². The maximum absolute atomic E-state index is 15.0. The molecular weight excluding hydrogens is 480 g/mol. The van der Waals surface area contributed by atoms with Crippen LogP contribution in [-0.2, 0) is 12.0 Å². The minimum absolute atomic E-state index is 0.0724. The molecule has 0 aliphatic rings. The number of nitrogens with two attached hydrogens (primary N) is 1. The van der Waals surface area contributed by atoms with Crippen molar-refractivity contribution in [2.75, 3.05) is 5.73 Å². The van der Waals surface area contributed by atoms with Crippen molar-refractivity contribution in [3.05, 3.63) is 77.6 Å². The molecule has 4 N–H and O–H groups in total. The van der Waals surface area contributed by atoms with Crippen molar-refractivity contribution in [3.8, 4) is 22.5 Å². The number of nitrogens with one attached hydrogen (secondary N) is 2. The van der Waals surface area contributed by atoms with Crippen LogP contribution in [0.1, 0.15) is 42.8 Å². The number of halogens is 2. The molecule has 5 aromatic rings. The highest BCUT2D eigenvalue weighted by Gasteiger charge is 2.24. The molecule has 0 aliphatic heterocycles. The van der Waals surface area contributed by atoms with Gasteiger partial charge in [-0.15, -0.1) is 0 Å². The van der Waals surface area contributed by atoms with Crippen LogP contribution in [-0.4, -0.2) is 31.0 Å². The Kier molecular flexibility index (Phi) is 5.90. The summed E-state index contributed by atoms with van der Waals surface area (Å²) in [4.78, 5) is 28.3. The van der Waals surface area contributed by atoms with Crippen LogP contribution in [0.4, 0.5) is 14.5 Å². The molecule has 0 fully saturated rings. The standard InChI is InChI=1S/C26H23F2N7O2/c1-26(2,3)25-34-24(37-35-25)23(36)31-12-14-5-4-13(10-18(14)28)16-8-9-30-22-20(16)32-21(33-22)17-11-15(27)6-7-19(17)29/h4-11H,12,29H2,1-3H3,(H,31,36)(H,30,32,33). The lowest BCUT2D eigenvalue weighted by Gasteiger charge is -2.10. The van der Waals surface area contributed by atoms with E-state index in [1.54, 1.807) is 24.4 Å². The van der Waals surface area contributed by atoms with E-state index in [9.17, 15) is 9.18 Å². The fourth-order valence-corrected chi connectivity index (χ4v) is 3.74. The Morgan fingerprint density at radius 3 is 2.62 bits per heavy atom. The van der Waals surface area contributed by atoms with Crippen LogP contribution in [0.5, 0.6) is 0 Å². The maximum Gasteiger partial charge on any atom is 0.315 e. The zero-order valence-electron chi connectivity index (χ0n) is 20.3. The van der Waals surface area contributed by atoms with Crippen LogP contribution in [0.2, 0.25) is 0 Å². The summed E-state index contributed by atoms with van der Waals surface area (Å²) in [5.74, 6) is -0.991. The van der Waals surface area contributed by atoms with E-state index >= 15 is 4.39 Å². The summed E-state index contributed by atoms with van der Waals surface area (Å²) in [6, 6.07) is 10.4. The van der Waals surface area contributed by atoms with E-state index in [2.05, 4.69) is 30.4 Å². The summed E-state index contributed by atoms with van der Waals surface area (Å²) in [7, 11) is 0. The molecule has 0 spiro atoms. The minimum Gasteiger partial charge on any atom is -0.398 e. The van der Waals surface area contributed by atoms with Crippen molar-refractivity contribution in [1.29, 1.82) is 0 Å². The number of nitrogen functional groups attached to an aromatic ring is 1. The molecule has 9 nitrogen and oxygen atoms in total. The number of aromatic amines is 1. The summed E-state index contributed by atoms with van der Waals surface area (Å²) in [5.41, 5.74) is 8.79. The third kappa shape index (κ3) is 4.75. The summed E-state index contributed by atoms with van der Waals surface area (Å²) in [6.45, 7) is 5.62. The van der Waals surface area contributed by atoms with Gasteiger partial charge in [-0.05, 0) is 35.9 Å². The Balaban J connectivity index is 1.38. The van der Waals surface area contributed by atoms with E-state index in [-0.39, 0.29) is 23.4 Å². The van der Waals surface area contributed by atoms with E-state index in [0.717, 1.165) is 0 Å². The van der Waals surface area contributed by atoms with Gasteiger partial charge in [-0.1, -0.05) is 38.1 Å². The summed E-state index contributed by atoms with van der Waals surface area (Å²) in [6.07, 6.45) is 1.56. The number of pyridine rings is 1. The van der Waals surface area contributed by atoms with Crippen LogP contribution in [0.15, 0.2) is 53.2 Å². The van der Waals surface area contributed by atoms with Gasteiger partial charge in [0.05, 0.1) is 5.52 Å². The second kappa shape index (κ2) is 9.08. The van der Waals surface area contributed by atoms with Crippen molar-refractivity contribution in [1.82, 2.24) is 30.4 Å². The number of carbonyl (C=O) groups is 1. The molecule has 0 unspecified atom stereocenters. The number of hydrogen-bond acceptors (Lipinski definition) is 7. The first kappa shape index (κ1) is 24.0. The van der Waals surface area contributed by atoms with Gasteiger partial charge in [-0.2, -0.15) is 4.98 Å². The maximum atomic E-state index is 15.0. The first-order valence-electron chi connectivity index (χ1n) is 11.4. The Bertz CT molecular complexity index is 1640. The monoisotopic (exact) mass is 503 g/mol. The number of fused-ring (bicyclic) bond motifs is 1. The number of amides is 1. The average Bonchev–Trinajstić information content (AvgIpc) is 3.52. The summed E-state index contributed by atoms with van der Waals surface area (Å²) in [5, 5.41) is 6.42. The molecule has 3 heterocycles. The summed E-state index contributed by atoms with van der Waals surface area (Å²) < 4.78 is 33.8. The minimum atomic E-state index is -0.594. The van der Waals surface area contributed by atoms with Crippen molar-refractivity contribution < 1.29 is 18.1 Å². The van der Waals surface area contributed by atoms with Gasteiger partial charge in [0.2, 0.25) is 0 Å². The van der Waals surface area contributed by atoms with Gasteiger partial charge in [0, 0.05) is 40.5 Å². The van der Waals surface area contributed by atoms with Gasteiger partial charge in [0.25, 0.3) is 0 Å². The number of nitrogens with zero attached hydrogens (tertiary/aromatic N) is 4. The van der Waals surface area contributed by atoms with Gasteiger partial charge < -0.3 is 20.6 Å². The Labute approximate surface area is 210 Å². The molecule has 0 bridgehead atoms. The lowest BCUT2D eigenvalue weighted by molar-refractivity contribution is 0.0906. The predicted octanol–water partition coefficient (Wildman–Crippen LogP) is 4.76. The zero-order valence-corrected chi connectivity index (χ0v) is 20.3. The predicted molar refractivity (Wildman–Crippen MR) is 133 cm³/mol.